The Bertz CT molecular complexity index is 415. The Hall–Kier alpha value is -1.88. The maximum Gasteiger partial charge on any atom is 0.328 e. The molecule has 0 saturated carbocycles. The quantitative estimate of drug-likeness (QED) is 0.716. The molecule has 1 rings (SSSR count). The van der Waals surface area contributed by atoms with Gasteiger partial charge in [-0.05, 0) is 19.4 Å². The highest BCUT2D eigenvalue weighted by Crippen LogP contribution is 2.11. The number of carbonyl (C=O) groups excluding carboxylic acids is 1. The predicted molar refractivity (Wildman–Crippen MR) is 63.2 cm³/mol. The lowest BCUT2D eigenvalue weighted by atomic mass is 10.0. The fourth-order valence-corrected chi connectivity index (χ4v) is 1.25. The van der Waals surface area contributed by atoms with Crippen LogP contribution in [0.3, 0.4) is 0 Å². The standard InChI is InChI=1S/C12H16N2O3/c1-12(2,11(16)17)14-10(15)9(13)8-6-4-3-5-7-8/h3-7,9H,13H2,1-2H3,(H,14,15)(H,16,17)/t9-/m0/s1. The Morgan fingerprint density at radius 2 is 1.82 bits per heavy atom. The molecule has 0 aliphatic heterocycles. The Morgan fingerprint density at radius 1 is 1.29 bits per heavy atom. The fourth-order valence-electron chi connectivity index (χ4n) is 1.25. The number of nitrogens with one attached hydrogen (secondary N) is 1. The topological polar surface area (TPSA) is 92.4 Å². The second-order valence-corrected chi connectivity index (χ2v) is 4.31. The Balaban J connectivity index is 2.75. The van der Waals surface area contributed by atoms with Crippen molar-refractivity contribution >= 4 is 11.9 Å². The molecule has 0 bridgehead atoms. The molecule has 0 saturated heterocycles. The zero-order chi connectivity index (χ0) is 13.1. The molecule has 1 aromatic carbocycles. The average molecular weight is 236 g/mol. The van der Waals surface area contributed by atoms with Gasteiger partial charge in [0.15, 0.2) is 0 Å². The highest BCUT2D eigenvalue weighted by atomic mass is 16.4. The maximum atomic E-state index is 11.8. The summed E-state index contributed by atoms with van der Waals surface area (Å²) >= 11 is 0. The van der Waals surface area contributed by atoms with Crippen LogP contribution in [0.25, 0.3) is 0 Å². The van der Waals surface area contributed by atoms with Crippen LogP contribution in [0.15, 0.2) is 30.3 Å². The number of rotatable bonds is 4. The largest absolute Gasteiger partial charge is 0.480 e. The SMILES string of the molecule is CC(C)(NC(=O)[C@@H](N)c1ccccc1)C(=O)O. The number of carboxylic acids is 1. The molecule has 0 aromatic heterocycles. The van der Waals surface area contributed by atoms with E-state index in [0.717, 1.165) is 0 Å². The lowest BCUT2D eigenvalue weighted by Crippen LogP contribution is -2.52. The van der Waals surface area contributed by atoms with Gasteiger partial charge in [0.05, 0.1) is 0 Å². The summed E-state index contributed by atoms with van der Waals surface area (Å²) in [6.07, 6.45) is 0. The highest BCUT2D eigenvalue weighted by molar-refractivity contribution is 5.89. The molecule has 1 aromatic rings. The summed E-state index contributed by atoms with van der Waals surface area (Å²) in [5.74, 6) is -1.62. The zero-order valence-electron chi connectivity index (χ0n) is 9.81. The Morgan fingerprint density at radius 3 is 2.29 bits per heavy atom. The van der Waals surface area contributed by atoms with Crippen molar-refractivity contribution in [3.8, 4) is 0 Å². The van der Waals surface area contributed by atoms with E-state index in [1.807, 2.05) is 6.07 Å². The molecule has 5 heteroatoms. The molecule has 0 spiro atoms. The van der Waals surface area contributed by atoms with Gasteiger partial charge in [0, 0.05) is 0 Å². The zero-order valence-corrected chi connectivity index (χ0v) is 9.81. The first-order chi connectivity index (χ1) is 7.84. The van der Waals surface area contributed by atoms with Gasteiger partial charge in [-0.25, -0.2) is 4.79 Å². The smallest absolute Gasteiger partial charge is 0.328 e. The van der Waals surface area contributed by atoms with Gasteiger partial charge in [-0.1, -0.05) is 30.3 Å². The monoisotopic (exact) mass is 236 g/mol. The summed E-state index contributed by atoms with van der Waals surface area (Å²) in [7, 11) is 0. The van der Waals surface area contributed by atoms with Gasteiger partial charge >= 0.3 is 5.97 Å². The van der Waals surface area contributed by atoms with Crippen molar-refractivity contribution in [2.24, 2.45) is 5.73 Å². The van der Waals surface area contributed by atoms with Crippen LogP contribution in [0.2, 0.25) is 0 Å². The minimum absolute atomic E-state index is 0.511. The van der Waals surface area contributed by atoms with Crippen LogP contribution in [0.1, 0.15) is 25.5 Å². The second kappa shape index (κ2) is 4.97. The number of hydrogen-bond acceptors (Lipinski definition) is 3. The Labute approximate surface area is 99.6 Å². The van der Waals surface area contributed by atoms with Crippen molar-refractivity contribution in [1.82, 2.24) is 5.32 Å². The Kier molecular flexibility index (Phi) is 3.85. The molecule has 0 heterocycles. The summed E-state index contributed by atoms with van der Waals surface area (Å²) in [4.78, 5) is 22.6. The highest BCUT2D eigenvalue weighted by Gasteiger charge is 2.31. The minimum Gasteiger partial charge on any atom is -0.480 e. The summed E-state index contributed by atoms with van der Waals surface area (Å²) in [5.41, 5.74) is 5.06. The number of carbonyl (C=O) groups is 2. The molecule has 4 N–H and O–H groups in total. The first-order valence-corrected chi connectivity index (χ1v) is 5.20. The van der Waals surface area contributed by atoms with E-state index < -0.39 is 23.5 Å². The van der Waals surface area contributed by atoms with Crippen LogP contribution in [-0.4, -0.2) is 22.5 Å². The first kappa shape index (κ1) is 13.2. The van der Waals surface area contributed by atoms with Gasteiger partial charge in [-0.2, -0.15) is 0 Å². The summed E-state index contributed by atoms with van der Waals surface area (Å²) in [6, 6.07) is 7.93. The lowest BCUT2D eigenvalue weighted by Gasteiger charge is -2.23. The average Bonchev–Trinajstić information content (AvgIpc) is 2.28. The van der Waals surface area contributed by atoms with Crippen LogP contribution < -0.4 is 11.1 Å². The summed E-state index contributed by atoms with van der Waals surface area (Å²) < 4.78 is 0. The van der Waals surface area contributed by atoms with E-state index in [0.29, 0.717) is 5.56 Å². The van der Waals surface area contributed by atoms with Gasteiger partial charge in [0.1, 0.15) is 11.6 Å². The van der Waals surface area contributed by atoms with Crippen molar-refractivity contribution in [2.75, 3.05) is 0 Å². The third-order valence-corrected chi connectivity index (χ3v) is 2.41. The van der Waals surface area contributed by atoms with Crippen LogP contribution in [0.4, 0.5) is 0 Å². The van der Waals surface area contributed by atoms with Gasteiger partial charge < -0.3 is 16.2 Å². The molecule has 1 atom stereocenters. The molecule has 5 nitrogen and oxygen atoms in total. The number of nitrogens with two attached hydrogens (primary N) is 1. The van der Waals surface area contributed by atoms with Crippen molar-refractivity contribution in [3.05, 3.63) is 35.9 Å². The van der Waals surface area contributed by atoms with E-state index in [9.17, 15) is 9.59 Å². The molecular formula is C12H16N2O3. The number of hydrogen-bond donors (Lipinski definition) is 3. The molecule has 0 fully saturated rings. The third kappa shape index (κ3) is 3.29. The molecule has 0 unspecified atom stereocenters. The van der Waals surface area contributed by atoms with E-state index in [2.05, 4.69) is 5.32 Å². The van der Waals surface area contributed by atoms with Gasteiger partial charge in [-0.15, -0.1) is 0 Å². The van der Waals surface area contributed by atoms with Gasteiger partial charge in [-0.3, -0.25) is 4.79 Å². The predicted octanol–water partition coefficient (Wildman–Crippen LogP) is 0.666. The van der Waals surface area contributed by atoms with Crippen LogP contribution >= 0.6 is 0 Å². The van der Waals surface area contributed by atoms with E-state index >= 15 is 0 Å². The number of amides is 1. The van der Waals surface area contributed by atoms with Gasteiger partial charge in [0.2, 0.25) is 5.91 Å². The molecule has 1 amide bonds. The van der Waals surface area contributed by atoms with E-state index in [4.69, 9.17) is 10.8 Å². The molecule has 0 radical (unpaired) electrons. The van der Waals surface area contributed by atoms with Crippen molar-refractivity contribution < 1.29 is 14.7 Å². The van der Waals surface area contributed by atoms with Crippen LogP contribution in [-0.2, 0) is 9.59 Å². The molecule has 0 aliphatic carbocycles. The van der Waals surface area contributed by atoms with Crippen molar-refractivity contribution in [1.29, 1.82) is 0 Å². The van der Waals surface area contributed by atoms with Gasteiger partial charge in [0.25, 0.3) is 0 Å². The second-order valence-electron chi connectivity index (χ2n) is 4.31. The number of benzene rings is 1. The third-order valence-electron chi connectivity index (χ3n) is 2.41. The van der Waals surface area contributed by atoms with E-state index in [1.54, 1.807) is 24.3 Å². The number of aliphatic carboxylic acids is 1. The number of carboxylic acid groups (broad SMARTS) is 1. The lowest BCUT2D eigenvalue weighted by molar-refractivity contribution is -0.146. The van der Waals surface area contributed by atoms with E-state index in [-0.39, 0.29) is 0 Å². The normalized spacial score (nSPS) is 12.9. The van der Waals surface area contributed by atoms with Crippen molar-refractivity contribution in [2.45, 2.75) is 25.4 Å². The molecular weight excluding hydrogens is 220 g/mol. The molecule has 92 valence electrons. The molecule has 0 aliphatic rings. The van der Waals surface area contributed by atoms with Crippen LogP contribution in [0, 0.1) is 0 Å². The van der Waals surface area contributed by atoms with E-state index in [1.165, 1.54) is 13.8 Å². The molecule has 17 heavy (non-hydrogen) atoms. The minimum atomic E-state index is -1.33. The fraction of sp³-hybridized carbons (Fsp3) is 0.333. The first-order valence-electron chi connectivity index (χ1n) is 5.20. The van der Waals surface area contributed by atoms with Crippen molar-refractivity contribution in [3.63, 3.8) is 0 Å². The maximum absolute atomic E-state index is 11.8. The summed E-state index contributed by atoms with van der Waals surface area (Å²) in [6.45, 7) is 2.82. The van der Waals surface area contributed by atoms with Crippen LogP contribution in [0.5, 0.6) is 0 Å². The summed E-state index contributed by atoms with van der Waals surface area (Å²) in [5, 5.41) is 11.3.